The van der Waals surface area contributed by atoms with Crippen LogP contribution in [-0.4, -0.2) is 27.5 Å². The molecule has 0 bridgehead atoms. The topological polar surface area (TPSA) is 59.2 Å². The molecular weight excluding hydrogens is 302 g/mol. The van der Waals surface area contributed by atoms with E-state index < -0.39 is 0 Å². The van der Waals surface area contributed by atoms with Gasteiger partial charge in [-0.3, -0.25) is 9.78 Å². The highest BCUT2D eigenvalue weighted by Crippen LogP contribution is 2.30. The van der Waals surface area contributed by atoms with Gasteiger partial charge in [-0.05, 0) is 43.5 Å². The first kappa shape index (κ1) is 14.9. The molecule has 0 N–H and O–H groups in total. The number of piperidine rings is 1. The molecule has 2 aromatic heterocycles. The predicted octanol–water partition coefficient (Wildman–Crippen LogP) is 3.52. The van der Waals surface area contributed by atoms with Crippen molar-refractivity contribution in [2.24, 2.45) is 0 Å². The zero-order valence-electron chi connectivity index (χ0n) is 13.4. The lowest BCUT2D eigenvalue weighted by Crippen LogP contribution is -2.39. The number of fused-ring (bicyclic) bond motifs is 1. The number of carbonyl (C=O) groups is 1. The number of para-hydroxylation sites is 1. The fourth-order valence-corrected chi connectivity index (χ4v) is 3.42. The van der Waals surface area contributed by atoms with Crippen LogP contribution >= 0.6 is 0 Å². The summed E-state index contributed by atoms with van der Waals surface area (Å²) in [7, 11) is 0. The lowest BCUT2D eigenvalue weighted by atomic mass is 9.98. The molecule has 1 aromatic carbocycles. The number of likely N-dealkylation sites (tertiary alicyclic amines) is 1. The molecule has 0 unspecified atom stereocenters. The largest absolute Gasteiger partial charge is 0.356 e. The molecule has 1 atom stereocenters. The molecule has 0 spiro atoms. The number of hydrogen-bond donors (Lipinski definition) is 0. The number of hydrogen-bond acceptors (Lipinski definition) is 4. The third-order valence-corrected chi connectivity index (χ3v) is 4.62. The van der Waals surface area contributed by atoms with E-state index in [1.165, 1.54) is 0 Å². The summed E-state index contributed by atoms with van der Waals surface area (Å²) in [6.07, 6.45) is 5.17. The average molecular weight is 321 g/mol. The summed E-state index contributed by atoms with van der Waals surface area (Å²) in [4.78, 5) is 19.3. The third-order valence-electron chi connectivity index (χ3n) is 4.62. The number of amides is 1. The number of aromatic nitrogens is 2. The molecule has 5 nitrogen and oxygen atoms in total. The molecule has 1 aliphatic heterocycles. The summed E-state index contributed by atoms with van der Waals surface area (Å²) >= 11 is 0. The summed E-state index contributed by atoms with van der Waals surface area (Å²) in [5.74, 6) is 0.0874. The van der Waals surface area contributed by atoms with Gasteiger partial charge in [-0.15, -0.1) is 0 Å². The van der Waals surface area contributed by atoms with Crippen LogP contribution in [0.1, 0.15) is 36.7 Å². The van der Waals surface area contributed by atoms with Gasteiger partial charge in [0, 0.05) is 18.1 Å². The van der Waals surface area contributed by atoms with Crippen LogP contribution in [0.5, 0.6) is 0 Å². The molecule has 0 saturated carbocycles. The monoisotopic (exact) mass is 321 g/mol. The van der Waals surface area contributed by atoms with Crippen molar-refractivity contribution in [2.45, 2.75) is 31.7 Å². The molecule has 122 valence electrons. The second-order valence-electron chi connectivity index (χ2n) is 6.16. The second kappa shape index (κ2) is 6.43. The highest BCUT2D eigenvalue weighted by atomic mass is 16.5. The van der Waals surface area contributed by atoms with Gasteiger partial charge in [0.25, 0.3) is 0 Å². The third kappa shape index (κ3) is 2.77. The van der Waals surface area contributed by atoms with Crippen LogP contribution in [-0.2, 0) is 11.2 Å². The molecule has 1 amide bonds. The average Bonchev–Trinajstić information content (AvgIpc) is 3.05. The van der Waals surface area contributed by atoms with E-state index in [1.54, 1.807) is 6.20 Å². The molecule has 1 aliphatic rings. The SMILES string of the molecule is O=C(Cc1noc2ccccc12)N1CCCC[C@H]1c1ccccn1. The Balaban J connectivity index is 1.58. The van der Waals surface area contributed by atoms with Crippen molar-refractivity contribution in [1.82, 2.24) is 15.0 Å². The minimum Gasteiger partial charge on any atom is -0.356 e. The predicted molar refractivity (Wildman–Crippen MR) is 90.3 cm³/mol. The van der Waals surface area contributed by atoms with E-state index in [2.05, 4.69) is 10.1 Å². The Labute approximate surface area is 140 Å². The van der Waals surface area contributed by atoms with Crippen molar-refractivity contribution in [3.8, 4) is 0 Å². The van der Waals surface area contributed by atoms with E-state index in [-0.39, 0.29) is 18.4 Å². The quantitative estimate of drug-likeness (QED) is 0.740. The van der Waals surface area contributed by atoms with Crippen LogP contribution in [0.3, 0.4) is 0 Å². The Kier molecular flexibility index (Phi) is 3.99. The van der Waals surface area contributed by atoms with Gasteiger partial charge in [0.05, 0.1) is 18.2 Å². The minimum atomic E-state index is 0.0608. The Bertz CT molecular complexity index is 844. The summed E-state index contributed by atoms with van der Waals surface area (Å²) < 4.78 is 5.32. The van der Waals surface area contributed by atoms with E-state index in [0.717, 1.165) is 42.5 Å². The highest BCUT2D eigenvalue weighted by Gasteiger charge is 2.29. The van der Waals surface area contributed by atoms with Crippen LogP contribution in [0.4, 0.5) is 0 Å². The van der Waals surface area contributed by atoms with Crippen LogP contribution in [0.2, 0.25) is 0 Å². The van der Waals surface area contributed by atoms with Crippen molar-refractivity contribution in [3.63, 3.8) is 0 Å². The van der Waals surface area contributed by atoms with E-state index in [9.17, 15) is 4.79 Å². The molecule has 1 fully saturated rings. The molecule has 1 saturated heterocycles. The number of benzene rings is 1. The summed E-state index contributed by atoms with van der Waals surface area (Å²) in [5, 5.41) is 5.00. The molecule has 3 heterocycles. The van der Waals surface area contributed by atoms with Gasteiger partial charge < -0.3 is 9.42 Å². The van der Waals surface area contributed by atoms with Gasteiger partial charge in [0.2, 0.25) is 5.91 Å². The van der Waals surface area contributed by atoms with Gasteiger partial charge in [-0.2, -0.15) is 0 Å². The van der Waals surface area contributed by atoms with Gasteiger partial charge in [-0.25, -0.2) is 0 Å². The van der Waals surface area contributed by atoms with Crippen molar-refractivity contribution in [1.29, 1.82) is 0 Å². The summed E-state index contributed by atoms with van der Waals surface area (Å²) in [6.45, 7) is 0.774. The summed E-state index contributed by atoms with van der Waals surface area (Å²) in [5.41, 5.74) is 2.40. The maximum Gasteiger partial charge on any atom is 0.229 e. The fourth-order valence-electron chi connectivity index (χ4n) is 3.42. The van der Waals surface area contributed by atoms with Crippen molar-refractivity contribution in [3.05, 3.63) is 60.0 Å². The lowest BCUT2D eigenvalue weighted by molar-refractivity contribution is -0.134. The van der Waals surface area contributed by atoms with Gasteiger partial charge in [0.1, 0.15) is 5.69 Å². The molecule has 4 rings (SSSR count). The highest BCUT2D eigenvalue weighted by molar-refractivity contribution is 5.86. The van der Waals surface area contributed by atoms with E-state index in [0.29, 0.717) is 5.69 Å². The van der Waals surface area contributed by atoms with E-state index in [1.807, 2.05) is 47.4 Å². The van der Waals surface area contributed by atoms with E-state index >= 15 is 0 Å². The number of carbonyl (C=O) groups excluding carboxylic acids is 1. The maximum atomic E-state index is 12.9. The van der Waals surface area contributed by atoms with Gasteiger partial charge in [0.15, 0.2) is 5.58 Å². The Morgan fingerprint density at radius 3 is 2.92 bits per heavy atom. The van der Waals surface area contributed by atoms with Gasteiger partial charge in [-0.1, -0.05) is 23.4 Å². The minimum absolute atomic E-state index is 0.0608. The number of rotatable bonds is 3. The van der Waals surface area contributed by atoms with Crippen LogP contribution in [0.25, 0.3) is 11.0 Å². The van der Waals surface area contributed by atoms with Crippen LogP contribution in [0.15, 0.2) is 53.2 Å². The van der Waals surface area contributed by atoms with Crippen molar-refractivity contribution in [2.75, 3.05) is 6.54 Å². The lowest BCUT2D eigenvalue weighted by Gasteiger charge is -2.35. The number of pyridine rings is 1. The molecule has 5 heteroatoms. The standard InChI is InChI=1S/C19H19N3O2/c23-19(13-16-14-7-1-2-10-18(14)24-21-16)22-12-6-4-9-17(22)15-8-3-5-11-20-15/h1-3,5,7-8,10-11,17H,4,6,9,12-13H2/t17-/m0/s1. The first-order valence-corrected chi connectivity index (χ1v) is 8.36. The smallest absolute Gasteiger partial charge is 0.229 e. The van der Waals surface area contributed by atoms with Crippen LogP contribution in [0, 0.1) is 0 Å². The number of nitrogens with zero attached hydrogens (tertiary/aromatic N) is 3. The molecule has 3 aromatic rings. The zero-order chi connectivity index (χ0) is 16.4. The zero-order valence-corrected chi connectivity index (χ0v) is 13.4. The normalized spacial score (nSPS) is 18.0. The first-order valence-electron chi connectivity index (χ1n) is 8.36. The van der Waals surface area contributed by atoms with Crippen LogP contribution < -0.4 is 0 Å². The Hall–Kier alpha value is -2.69. The second-order valence-corrected chi connectivity index (χ2v) is 6.16. The Morgan fingerprint density at radius 1 is 1.17 bits per heavy atom. The van der Waals surface area contributed by atoms with Gasteiger partial charge >= 0.3 is 0 Å². The molecule has 0 aliphatic carbocycles. The molecule has 0 radical (unpaired) electrons. The van der Waals surface area contributed by atoms with E-state index in [4.69, 9.17) is 4.52 Å². The van der Waals surface area contributed by atoms with Crippen molar-refractivity contribution >= 4 is 16.9 Å². The summed E-state index contributed by atoms with van der Waals surface area (Å²) in [6, 6.07) is 13.6. The molecule has 24 heavy (non-hydrogen) atoms. The Morgan fingerprint density at radius 2 is 2.04 bits per heavy atom. The maximum absolute atomic E-state index is 12.9. The fraction of sp³-hybridized carbons (Fsp3) is 0.316. The molecular formula is C19H19N3O2. The van der Waals surface area contributed by atoms with Crippen molar-refractivity contribution < 1.29 is 9.32 Å². The first-order chi connectivity index (χ1) is 11.8.